The van der Waals surface area contributed by atoms with Crippen molar-refractivity contribution in [1.29, 1.82) is 0 Å². The maximum Gasteiger partial charge on any atom is 0.251 e. The minimum Gasteiger partial charge on any atom is -0.311 e. The van der Waals surface area contributed by atoms with Gasteiger partial charge in [0.1, 0.15) is 5.52 Å². The van der Waals surface area contributed by atoms with E-state index in [9.17, 15) is 4.79 Å². The molecule has 6 aromatic rings. The number of aromatic nitrogens is 3. The quantitative estimate of drug-likeness (QED) is 0.321. The third-order valence-electron chi connectivity index (χ3n) is 5.53. The lowest BCUT2D eigenvalue weighted by Gasteiger charge is -2.12. The van der Waals surface area contributed by atoms with Crippen LogP contribution in [0.5, 0.6) is 0 Å². The lowest BCUT2D eigenvalue weighted by Crippen LogP contribution is -2.15. The first-order valence-corrected chi connectivity index (χ1v) is 8.95. The number of pyridine rings is 1. The molecule has 0 unspecified atom stereocenters. The third-order valence-corrected chi connectivity index (χ3v) is 5.53. The zero-order valence-electron chi connectivity index (χ0n) is 14.7. The molecular weight excluding hydrogens is 334 g/mol. The van der Waals surface area contributed by atoms with Crippen molar-refractivity contribution in [3.05, 3.63) is 83.2 Å². The Hall–Kier alpha value is -3.66. The van der Waals surface area contributed by atoms with Gasteiger partial charge in [0.25, 0.3) is 5.56 Å². The molecular formula is C23H15N3O. The van der Waals surface area contributed by atoms with Crippen molar-refractivity contribution >= 4 is 43.5 Å². The molecule has 0 aliphatic heterocycles. The van der Waals surface area contributed by atoms with Gasteiger partial charge >= 0.3 is 0 Å². The third kappa shape index (κ3) is 1.77. The Bertz CT molecular complexity index is 1540. The van der Waals surface area contributed by atoms with Crippen LogP contribution in [0.4, 0.5) is 0 Å². The topological polar surface area (TPSA) is 39.8 Å². The van der Waals surface area contributed by atoms with Crippen LogP contribution in [0.15, 0.2) is 77.6 Å². The SMILES string of the molecule is Cn1c(=O)cc2c3ccccc3c3nn(-c4ccccc4)c4ccc1c2c34. The molecule has 0 atom stereocenters. The van der Waals surface area contributed by atoms with Crippen molar-refractivity contribution in [2.24, 2.45) is 7.05 Å². The van der Waals surface area contributed by atoms with Gasteiger partial charge in [0.05, 0.1) is 16.7 Å². The average molecular weight is 349 g/mol. The Morgan fingerprint density at radius 1 is 0.741 bits per heavy atom. The molecule has 4 aromatic carbocycles. The normalized spacial score (nSPS) is 12.0. The molecule has 0 N–H and O–H groups in total. The van der Waals surface area contributed by atoms with Gasteiger partial charge in [0.15, 0.2) is 0 Å². The highest BCUT2D eigenvalue weighted by Crippen LogP contribution is 2.40. The van der Waals surface area contributed by atoms with Gasteiger partial charge in [0.2, 0.25) is 0 Å². The lowest BCUT2D eigenvalue weighted by atomic mass is 9.96. The van der Waals surface area contributed by atoms with Gasteiger partial charge in [-0.2, -0.15) is 5.10 Å². The van der Waals surface area contributed by atoms with E-state index < -0.39 is 0 Å². The van der Waals surface area contributed by atoms with Gasteiger partial charge in [-0.1, -0.05) is 42.5 Å². The fraction of sp³-hybridized carbons (Fsp3) is 0.0435. The van der Waals surface area contributed by atoms with E-state index in [-0.39, 0.29) is 5.56 Å². The van der Waals surface area contributed by atoms with Gasteiger partial charge in [-0.3, -0.25) is 4.79 Å². The summed E-state index contributed by atoms with van der Waals surface area (Å²) in [5, 5.41) is 10.3. The number of hydrogen-bond donors (Lipinski definition) is 0. The second-order valence-electron chi connectivity index (χ2n) is 6.95. The molecule has 4 heteroatoms. The van der Waals surface area contributed by atoms with E-state index in [0.29, 0.717) is 0 Å². The van der Waals surface area contributed by atoms with Crippen LogP contribution in [0.3, 0.4) is 0 Å². The Kier molecular flexibility index (Phi) is 2.66. The molecule has 0 aliphatic rings. The maximum absolute atomic E-state index is 12.5. The van der Waals surface area contributed by atoms with Crippen LogP contribution >= 0.6 is 0 Å². The van der Waals surface area contributed by atoms with Crippen LogP contribution in [0.25, 0.3) is 49.2 Å². The summed E-state index contributed by atoms with van der Waals surface area (Å²) in [6.07, 6.45) is 0. The summed E-state index contributed by atoms with van der Waals surface area (Å²) in [6, 6.07) is 24.2. The van der Waals surface area contributed by atoms with Crippen LogP contribution in [0, 0.1) is 0 Å². The van der Waals surface area contributed by atoms with Crippen molar-refractivity contribution in [2.75, 3.05) is 0 Å². The fourth-order valence-electron chi connectivity index (χ4n) is 4.26. The average Bonchev–Trinajstić information content (AvgIpc) is 3.11. The molecule has 0 aliphatic carbocycles. The molecule has 0 amide bonds. The Morgan fingerprint density at radius 2 is 1.44 bits per heavy atom. The number of nitrogens with zero attached hydrogens (tertiary/aromatic N) is 3. The van der Waals surface area contributed by atoms with Crippen molar-refractivity contribution in [1.82, 2.24) is 14.3 Å². The van der Waals surface area contributed by atoms with E-state index in [0.717, 1.165) is 49.2 Å². The molecule has 128 valence electrons. The monoisotopic (exact) mass is 349 g/mol. The van der Waals surface area contributed by atoms with Crippen LogP contribution < -0.4 is 5.56 Å². The number of hydrogen-bond acceptors (Lipinski definition) is 2. The molecule has 0 saturated carbocycles. The smallest absolute Gasteiger partial charge is 0.251 e. The van der Waals surface area contributed by atoms with Crippen molar-refractivity contribution in [3.8, 4) is 5.69 Å². The van der Waals surface area contributed by atoms with Gasteiger partial charge < -0.3 is 4.57 Å². The summed E-state index contributed by atoms with van der Waals surface area (Å²) in [6.45, 7) is 0. The van der Waals surface area contributed by atoms with E-state index in [2.05, 4.69) is 30.3 Å². The highest BCUT2D eigenvalue weighted by atomic mass is 16.1. The molecule has 0 bridgehead atoms. The molecule has 27 heavy (non-hydrogen) atoms. The molecule has 4 nitrogen and oxygen atoms in total. The predicted molar refractivity (Wildman–Crippen MR) is 110 cm³/mol. The van der Waals surface area contributed by atoms with Crippen molar-refractivity contribution in [2.45, 2.75) is 0 Å². The minimum atomic E-state index is 0.00514. The van der Waals surface area contributed by atoms with E-state index in [1.165, 1.54) is 0 Å². The second-order valence-corrected chi connectivity index (χ2v) is 6.95. The molecule has 0 spiro atoms. The molecule has 0 fully saturated rings. The van der Waals surface area contributed by atoms with E-state index >= 15 is 0 Å². The zero-order chi connectivity index (χ0) is 18.1. The molecule has 6 rings (SSSR count). The Labute approximate surface area is 154 Å². The molecule has 2 heterocycles. The number of para-hydroxylation sites is 1. The summed E-state index contributed by atoms with van der Waals surface area (Å²) in [5.41, 5.74) is 4.00. The first-order valence-electron chi connectivity index (χ1n) is 8.95. The minimum absolute atomic E-state index is 0.00514. The van der Waals surface area contributed by atoms with Crippen LogP contribution in [-0.4, -0.2) is 14.3 Å². The fourth-order valence-corrected chi connectivity index (χ4v) is 4.26. The number of rotatable bonds is 1. The number of benzene rings is 4. The second kappa shape index (κ2) is 4.95. The summed E-state index contributed by atoms with van der Waals surface area (Å²) >= 11 is 0. The number of fused-ring (bicyclic) bond motifs is 3. The van der Waals surface area contributed by atoms with Crippen molar-refractivity contribution in [3.63, 3.8) is 0 Å². The summed E-state index contributed by atoms with van der Waals surface area (Å²) in [4.78, 5) is 12.5. The molecule has 2 aromatic heterocycles. The van der Waals surface area contributed by atoms with Crippen LogP contribution in [-0.2, 0) is 7.05 Å². The standard InChI is InChI=1S/C23H15N3O/c1-25-18-11-12-19-22-21(18)17(13-20(25)27)15-9-5-6-10-16(15)23(22)24-26(19)14-7-3-2-4-8-14/h2-13H,1H3. The van der Waals surface area contributed by atoms with E-state index in [1.54, 1.807) is 10.6 Å². The van der Waals surface area contributed by atoms with Crippen LogP contribution in [0.2, 0.25) is 0 Å². The highest BCUT2D eigenvalue weighted by molar-refractivity contribution is 6.32. The molecule has 0 saturated heterocycles. The largest absolute Gasteiger partial charge is 0.311 e. The van der Waals surface area contributed by atoms with Gasteiger partial charge in [0, 0.05) is 29.3 Å². The highest BCUT2D eigenvalue weighted by Gasteiger charge is 2.20. The summed E-state index contributed by atoms with van der Waals surface area (Å²) < 4.78 is 3.72. The Morgan fingerprint density at radius 3 is 2.26 bits per heavy atom. The van der Waals surface area contributed by atoms with E-state index in [4.69, 9.17) is 5.10 Å². The summed E-state index contributed by atoms with van der Waals surface area (Å²) in [7, 11) is 1.83. The first-order chi connectivity index (χ1) is 13.2. The van der Waals surface area contributed by atoms with Gasteiger partial charge in [-0.25, -0.2) is 4.68 Å². The van der Waals surface area contributed by atoms with Gasteiger partial charge in [-0.05, 0) is 35.0 Å². The Balaban J connectivity index is 1.97. The van der Waals surface area contributed by atoms with Crippen molar-refractivity contribution < 1.29 is 0 Å². The van der Waals surface area contributed by atoms with Crippen LogP contribution in [0.1, 0.15) is 0 Å². The van der Waals surface area contributed by atoms with E-state index in [1.807, 2.05) is 48.1 Å². The zero-order valence-corrected chi connectivity index (χ0v) is 14.7. The lowest BCUT2D eigenvalue weighted by molar-refractivity contribution is 0.909. The molecule has 0 radical (unpaired) electrons. The predicted octanol–water partition coefficient (Wildman–Crippen LogP) is 4.62. The first kappa shape index (κ1) is 14.5. The summed E-state index contributed by atoms with van der Waals surface area (Å²) in [5.74, 6) is 0. The number of aryl methyl sites for hydroxylation is 1. The maximum atomic E-state index is 12.5. The van der Waals surface area contributed by atoms with Gasteiger partial charge in [-0.15, -0.1) is 0 Å².